The topological polar surface area (TPSA) is 136 Å². The third kappa shape index (κ3) is 4.94. The molecule has 0 aliphatic heterocycles. The molecule has 8 nitrogen and oxygen atoms in total. The van der Waals surface area contributed by atoms with E-state index in [1.165, 1.54) is 19.2 Å². The Morgan fingerprint density at radius 2 is 1.73 bits per heavy atom. The molecular weight excluding hydrogens is 380 g/mol. The van der Waals surface area contributed by atoms with E-state index < -0.39 is 26.0 Å². The van der Waals surface area contributed by atoms with Crippen LogP contribution in [0.2, 0.25) is 0 Å². The van der Waals surface area contributed by atoms with Crippen LogP contribution in [0.25, 0.3) is 0 Å². The number of aliphatic hydroxyl groups is 1. The molecule has 0 saturated heterocycles. The van der Waals surface area contributed by atoms with Gasteiger partial charge in [-0.05, 0) is 35.9 Å². The first-order valence-corrected chi connectivity index (χ1v) is 10.9. The number of hydrogen-bond donors (Lipinski definition) is 3. The second-order valence-corrected chi connectivity index (χ2v) is 9.19. The third-order valence-electron chi connectivity index (χ3n) is 3.67. The molecule has 2 aromatic carbocycles. The number of aliphatic hydroxyl groups excluding tert-OH is 1. The predicted molar refractivity (Wildman–Crippen MR) is 97.4 cm³/mol. The maximum absolute atomic E-state index is 12.0. The van der Waals surface area contributed by atoms with Crippen molar-refractivity contribution in [3.63, 3.8) is 0 Å². The summed E-state index contributed by atoms with van der Waals surface area (Å²) in [5.74, 6) is 0.645. The summed E-state index contributed by atoms with van der Waals surface area (Å²) in [5.41, 5.74) is 0.785. The summed E-state index contributed by atoms with van der Waals surface area (Å²) in [6.45, 7) is 0.0174. The molecule has 2 rings (SSSR count). The predicted octanol–water partition coefficient (Wildman–Crippen LogP) is 0.892. The highest BCUT2D eigenvalue weighted by Gasteiger charge is 2.19. The number of ether oxygens (including phenoxy) is 1. The lowest BCUT2D eigenvalue weighted by atomic mass is 10.1. The van der Waals surface area contributed by atoms with Gasteiger partial charge in [0.15, 0.2) is 9.84 Å². The van der Waals surface area contributed by atoms with Crippen molar-refractivity contribution in [3.05, 3.63) is 48.0 Å². The average Bonchev–Trinajstić information content (AvgIpc) is 2.58. The van der Waals surface area contributed by atoms with Gasteiger partial charge in [-0.25, -0.2) is 22.0 Å². The van der Waals surface area contributed by atoms with E-state index in [-0.39, 0.29) is 22.0 Å². The van der Waals surface area contributed by atoms with E-state index in [4.69, 9.17) is 9.88 Å². The van der Waals surface area contributed by atoms with Crippen LogP contribution in [0, 0.1) is 0 Å². The highest BCUT2D eigenvalue weighted by Crippen LogP contribution is 2.26. The molecule has 0 spiro atoms. The number of sulfone groups is 1. The van der Waals surface area contributed by atoms with Gasteiger partial charge >= 0.3 is 0 Å². The summed E-state index contributed by atoms with van der Waals surface area (Å²) in [7, 11) is -6.22. The molecule has 26 heavy (non-hydrogen) atoms. The van der Waals surface area contributed by atoms with Crippen molar-refractivity contribution in [2.45, 2.75) is 15.9 Å². The molecule has 10 heteroatoms. The Kier molecular flexibility index (Phi) is 5.91. The molecule has 1 atom stereocenters. The molecule has 1 unspecified atom stereocenters. The van der Waals surface area contributed by atoms with Crippen molar-refractivity contribution < 1.29 is 26.7 Å². The fraction of sp³-hybridized carbons (Fsp3) is 0.250. The van der Waals surface area contributed by atoms with Crippen LogP contribution < -0.4 is 15.2 Å². The van der Waals surface area contributed by atoms with Gasteiger partial charge in [-0.15, -0.1) is 0 Å². The molecule has 0 amide bonds. The Morgan fingerprint density at radius 1 is 1.12 bits per heavy atom. The van der Waals surface area contributed by atoms with Crippen LogP contribution in [-0.4, -0.2) is 41.9 Å². The van der Waals surface area contributed by atoms with Gasteiger partial charge in [-0.3, -0.25) is 0 Å². The van der Waals surface area contributed by atoms with Gasteiger partial charge in [-0.1, -0.05) is 12.1 Å². The second kappa shape index (κ2) is 7.62. The summed E-state index contributed by atoms with van der Waals surface area (Å²) in [6.07, 6.45) is 0.0478. The fourth-order valence-corrected chi connectivity index (χ4v) is 3.78. The van der Waals surface area contributed by atoms with E-state index >= 15 is 0 Å². The van der Waals surface area contributed by atoms with E-state index in [1.807, 2.05) is 0 Å². The Bertz CT molecular complexity index is 986. The Balaban J connectivity index is 2.25. The SMILES string of the molecule is COc1ccc(C(O)CNc2ccc(S(N)(=O)=O)cc2S(C)(=O)=O)cc1. The number of rotatable bonds is 7. The molecule has 2 aromatic rings. The molecule has 0 heterocycles. The zero-order valence-corrected chi connectivity index (χ0v) is 15.8. The van der Waals surface area contributed by atoms with Gasteiger partial charge in [-0.2, -0.15) is 0 Å². The number of sulfonamides is 1. The van der Waals surface area contributed by atoms with Crippen molar-refractivity contribution in [1.82, 2.24) is 0 Å². The van der Waals surface area contributed by atoms with E-state index in [2.05, 4.69) is 5.32 Å². The van der Waals surface area contributed by atoms with Crippen LogP contribution >= 0.6 is 0 Å². The number of nitrogens with one attached hydrogen (secondary N) is 1. The Labute approximate surface area is 152 Å². The van der Waals surface area contributed by atoms with Crippen LogP contribution in [0.3, 0.4) is 0 Å². The molecule has 0 fully saturated rings. The van der Waals surface area contributed by atoms with Gasteiger partial charge in [0.25, 0.3) is 0 Å². The normalized spacial score (nSPS) is 13.2. The maximum atomic E-state index is 12.0. The first kappa shape index (κ1) is 20.2. The van der Waals surface area contributed by atoms with E-state index in [9.17, 15) is 21.9 Å². The number of nitrogens with two attached hydrogens (primary N) is 1. The molecule has 0 aliphatic rings. The minimum absolute atomic E-state index is 0.0174. The third-order valence-corrected chi connectivity index (χ3v) is 5.72. The van der Waals surface area contributed by atoms with Crippen LogP contribution in [0.4, 0.5) is 5.69 Å². The minimum atomic E-state index is -4.04. The summed E-state index contributed by atoms with van der Waals surface area (Å²) < 4.78 is 51.9. The van der Waals surface area contributed by atoms with Crippen molar-refractivity contribution in [2.75, 3.05) is 25.2 Å². The Morgan fingerprint density at radius 3 is 2.23 bits per heavy atom. The van der Waals surface area contributed by atoms with E-state index in [1.54, 1.807) is 24.3 Å². The lowest BCUT2D eigenvalue weighted by Gasteiger charge is -2.16. The first-order chi connectivity index (χ1) is 12.0. The number of hydrogen-bond acceptors (Lipinski definition) is 7. The molecule has 142 valence electrons. The Hall–Kier alpha value is -2.14. The van der Waals surface area contributed by atoms with Crippen LogP contribution in [0.15, 0.2) is 52.3 Å². The van der Waals surface area contributed by atoms with Gasteiger partial charge < -0.3 is 15.2 Å². The van der Waals surface area contributed by atoms with Crippen LogP contribution in [0.1, 0.15) is 11.7 Å². The summed E-state index contributed by atoms with van der Waals surface area (Å²) in [4.78, 5) is -0.523. The van der Waals surface area contributed by atoms with Crippen LogP contribution in [0.5, 0.6) is 5.75 Å². The van der Waals surface area contributed by atoms with Gasteiger partial charge in [0.05, 0.1) is 28.7 Å². The molecule has 0 saturated carbocycles. The first-order valence-electron chi connectivity index (χ1n) is 7.45. The van der Waals surface area contributed by atoms with Gasteiger partial charge in [0.1, 0.15) is 5.75 Å². The van der Waals surface area contributed by atoms with Crippen molar-refractivity contribution in [3.8, 4) is 5.75 Å². The molecular formula is C16H20N2O6S2. The zero-order chi connectivity index (χ0) is 19.5. The number of anilines is 1. The van der Waals surface area contributed by atoms with Gasteiger partial charge in [0.2, 0.25) is 10.0 Å². The van der Waals surface area contributed by atoms with E-state index in [0.717, 1.165) is 12.3 Å². The van der Waals surface area contributed by atoms with E-state index in [0.29, 0.717) is 11.3 Å². The standard InChI is InChI=1S/C16H20N2O6S2/c1-24-12-5-3-11(4-6-12)15(19)10-18-14-8-7-13(26(17,22)23)9-16(14)25(2,20)21/h3-9,15,18-19H,10H2,1-2H3,(H2,17,22,23). The monoisotopic (exact) mass is 400 g/mol. The smallest absolute Gasteiger partial charge is 0.238 e. The minimum Gasteiger partial charge on any atom is -0.497 e. The second-order valence-electron chi connectivity index (χ2n) is 5.64. The fourth-order valence-electron chi connectivity index (χ4n) is 2.28. The number of benzene rings is 2. The zero-order valence-electron chi connectivity index (χ0n) is 14.2. The van der Waals surface area contributed by atoms with Crippen LogP contribution in [-0.2, 0) is 19.9 Å². The van der Waals surface area contributed by atoms with Crippen molar-refractivity contribution in [1.29, 1.82) is 0 Å². The molecule has 0 aromatic heterocycles. The molecule has 0 bridgehead atoms. The summed E-state index contributed by atoms with van der Waals surface area (Å²) in [5, 5.41) is 18.1. The summed E-state index contributed by atoms with van der Waals surface area (Å²) >= 11 is 0. The lowest BCUT2D eigenvalue weighted by molar-refractivity contribution is 0.191. The summed E-state index contributed by atoms with van der Waals surface area (Å²) in [6, 6.07) is 10.3. The highest BCUT2D eigenvalue weighted by molar-refractivity contribution is 7.91. The average molecular weight is 400 g/mol. The molecule has 0 radical (unpaired) electrons. The van der Waals surface area contributed by atoms with Crippen molar-refractivity contribution in [2.24, 2.45) is 5.14 Å². The van der Waals surface area contributed by atoms with Gasteiger partial charge in [0, 0.05) is 12.8 Å². The molecule has 4 N–H and O–H groups in total. The van der Waals surface area contributed by atoms with Crippen molar-refractivity contribution >= 4 is 25.5 Å². The number of methoxy groups -OCH3 is 1. The lowest BCUT2D eigenvalue weighted by Crippen LogP contribution is -2.16. The largest absolute Gasteiger partial charge is 0.497 e. The maximum Gasteiger partial charge on any atom is 0.238 e. The quantitative estimate of drug-likeness (QED) is 0.628. The number of primary sulfonamides is 1. The molecule has 0 aliphatic carbocycles. The highest BCUT2D eigenvalue weighted by atomic mass is 32.2.